The largest absolute Gasteiger partial charge is 0.351 e. The minimum atomic E-state index is -0.550. The van der Waals surface area contributed by atoms with Gasteiger partial charge in [0.2, 0.25) is 0 Å². The van der Waals surface area contributed by atoms with Crippen molar-refractivity contribution in [2.24, 2.45) is 5.92 Å². The van der Waals surface area contributed by atoms with Gasteiger partial charge in [-0.05, 0) is 49.8 Å². The minimum Gasteiger partial charge on any atom is -0.351 e. The zero-order valence-electron chi connectivity index (χ0n) is 14.7. The molecule has 140 valence electrons. The van der Waals surface area contributed by atoms with Crippen LogP contribution < -0.4 is 5.32 Å². The summed E-state index contributed by atoms with van der Waals surface area (Å²) in [6.07, 6.45) is 3.55. The predicted molar refractivity (Wildman–Crippen MR) is 90.4 cm³/mol. The number of nitrogens with one attached hydrogen (secondary N) is 1. The van der Waals surface area contributed by atoms with Crippen molar-refractivity contribution >= 4 is 5.91 Å². The second kappa shape index (κ2) is 8.35. The summed E-state index contributed by atoms with van der Waals surface area (Å²) < 4.78 is 31.7. The highest BCUT2D eigenvalue weighted by Crippen LogP contribution is 2.23. The number of halogens is 2. The van der Waals surface area contributed by atoms with Crippen LogP contribution in [0.1, 0.15) is 41.3 Å². The Balaban J connectivity index is 1.52. The Kier molecular flexibility index (Phi) is 5.92. The Morgan fingerprint density at radius 2 is 2.27 bits per heavy atom. The lowest BCUT2D eigenvalue weighted by atomic mass is 9.91. The third-order valence-electron chi connectivity index (χ3n) is 4.69. The van der Waals surface area contributed by atoms with E-state index < -0.39 is 17.5 Å². The maximum Gasteiger partial charge on any atom is 0.315 e. The molecule has 3 rings (SSSR count). The van der Waals surface area contributed by atoms with Gasteiger partial charge in [0.05, 0.1) is 6.54 Å². The molecular weight excluding hydrogens is 342 g/mol. The maximum atomic E-state index is 13.8. The molecule has 1 aromatic heterocycles. The van der Waals surface area contributed by atoms with E-state index in [9.17, 15) is 13.6 Å². The number of piperidine rings is 1. The second-order valence-electron chi connectivity index (χ2n) is 6.61. The Labute approximate surface area is 150 Å². The smallest absolute Gasteiger partial charge is 0.315 e. The molecule has 0 spiro atoms. The lowest BCUT2D eigenvalue weighted by Gasteiger charge is -2.31. The Hall–Kier alpha value is -2.35. The van der Waals surface area contributed by atoms with E-state index in [1.807, 2.05) is 0 Å². The summed E-state index contributed by atoms with van der Waals surface area (Å²) in [5.74, 6) is -0.561. The molecule has 6 nitrogen and oxygen atoms in total. The first-order chi connectivity index (χ1) is 12.5. The van der Waals surface area contributed by atoms with Crippen LogP contribution in [0.15, 0.2) is 22.7 Å². The highest BCUT2D eigenvalue weighted by molar-refractivity contribution is 5.89. The number of hydrogen-bond acceptors (Lipinski definition) is 5. The predicted octanol–water partition coefficient (Wildman–Crippen LogP) is 2.55. The molecule has 1 fully saturated rings. The summed E-state index contributed by atoms with van der Waals surface area (Å²) in [4.78, 5) is 17.8. The molecule has 1 atom stereocenters. The maximum absolute atomic E-state index is 13.8. The van der Waals surface area contributed by atoms with Crippen molar-refractivity contribution in [3.63, 3.8) is 0 Å². The first-order valence-corrected chi connectivity index (χ1v) is 8.76. The van der Waals surface area contributed by atoms with Gasteiger partial charge in [-0.15, -0.1) is 0 Å². The molecule has 8 heteroatoms. The van der Waals surface area contributed by atoms with Gasteiger partial charge < -0.3 is 9.84 Å². The van der Waals surface area contributed by atoms with Crippen LogP contribution in [0.5, 0.6) is 0 Å². The number of likely N-dealkylation sites (tertiary alicyclic amines) is 1. The third kappa shape index (κ3) is 4.63. The number of aromatic nitrogens is 2. The molecule has 1 aliphatic rings. The molecule has 1 N–H and O–H groups in total. The number of hydrogen-bond donors (Lipinski definition) is 1. The molecule has 1 saturated heterocycles. The Morgan fingerprint density at radius 3 is 3.04 bits per heavy atom. The van der Waals surface area contributed by atoms with Crippen molar-refractivity contribution in [3.8, 4) is 0 Å². The zero-order valence-corrected chi connectivity index (χ0v) is 14.7. The molecule has 0 radical (unpaired) electrons. The number of amides is 1. The Morgan fingerprint density at radius 1 is 1.42 bits per heavy atom. The monoisotopic (exact) mass is 364 g/mol. The molecular formula is C18H22F2N4O2. The molecule has 1 aliphatic heterocycles. The summed E-state index contributed by atoms with van der Waals surface area (Å²) in [5, 5.41) is 6.29. The molecule has 26 heavy (non-hydrogen) atoms. The van der Waals surface area contributed by atoms with E-state index in [4.69, 9.17) is 4.52 Å². The molecule has 0 saturated carbocycles. The van der Waals surface area contributed by atoms with Crippen LogP contribution in [0.2, 0.25) is 0 Å². The topological polar surface area (TPSA) is 71.3 Å². The first-order valence-electron chi connectivity index (χ1n) is 8.76. The summed E-state index contributed by atoms with van der Waals surface area (Å²) in [7, 11) is 1.51. The average Bonchev–Trinajstić information content (AvgIpc) is 3.09. The summed E-state index contributed by atoms with van der Waals surface area (Å²) >= 11 is 0. The van der Waals surface area contributed by atoms with Crippen LogP contribution in [0, 0.1) is 17.6 Å². The van der Waals surface area contributed by atoms with Crippen molar-refractivity contribution in [3.05, 3.63) is 47.1 Å². The molecule has 0 aliphatic carbocycles. The van der Waals surface area contributed by atoms with E-state index in [-0.39, 0.29) is 5.89 Å². The van der Waals surface area contributed by atoms with Crippen molar-refractivity contribution in [1.29, 1.82) is 0 Å². The first kappa shape index (κ1) is 18.4. The van der Waals surface area contributed by atoms with Crippen LogP contribution in [0.3, 0.4) is 0 Å². The molecule has 2 heterocycles. The van der Waals surface area contributed by atoms with E-state index >= 15 is 0 Å². The van der Waals surface area contributed by atoms with Gasteiger partial charge in [0.1, 0.15) is 11.6 Å². The summed E-state index contributed by atoms with van der Waals surface area (Å²) in [6.45, 7) is 2.29. The normalized spacial score (nSPS) is 18.0. The lowest BCUT2D eigenvalue weighted by molar-refractivity contribution is 0.0919. The standard InChI is InChI=1S/C18H22F2N4O2/c1-21-17(25)18-22-16(23-26-18)11-24-8-2-3-12(10-24)4-5-13-6-7-14(19)9-15(13)20/h6-7,9,12H,2-5,8,10-11H2,1H3,(H,21,25)/t12-/m1/s1. The van der Waals surface area contributed by atoms with Crippen molar-refractivity contribution in [1.82, 2.24) is 20.4 Å². The fraction of sp³-hybridized carbons (Fsp3) is 0.500. The molecule has 2 aromatic rings. The van der Waals surface area contributed by atoms with Crippen molar-refractivity contribution in [2.45, 2.75) is 32.2 Å². The molecule has 1 aromatic carbocycles. The SMILES string of the molecule is CNC(=O)c1nc(CN2CCC[C@H](CCc3ccc(F)cc3F)C2)no1. The summed E-state index contributed by atoms with van der Waals surface area (Å²) in [5.41, 5.74) is 0.553. The van der Waals surface area contributed by atoms with Crippen LogP contribution in [-0.2, 0) is 13.0 Å². The van der Waals surface area contributed by atoms with Crippen molar-refractivity contribution < 1.29 is 18.1 Å². The summed E-state index contributed by atoms with van der Waals surface area (Å²) in [6, 6.07) is 3.75. The van der Waals surface area contributed by atoms with Gasteiger partial charge in [-0.2, -0.15) is 4.98 Å². The van der Waals surface area contributed by atoms with E-state index in [1.165, 1.54) is 19.2 Å². The number of carbonyl (C=O) groups excluding carboxylic acids is 1. The molecule has 0 bridgehead atoms. The van der Waals surface area contributed by atoms with Crippen LogP contribution in [-0.4, -0.2) is 41.1 Å². The van der Waals surface area contributed by atoms with Crippen LogP contribution in [0.25, 0.3) is 0 Å². The number of rotatable bonds is 6. The highest BCUT2D eigenvalue weighted by Gasteiger charge is 2.22. The zero-order chi connectivity index (χ0) is 18.5. The van der Waals surface area contributed by atoms with Gasteiger partial charge in [0.25, 0.3) is 0 Å². The van der Waals surface area contributed by atoms with E-state index in [0.29, 0.717) is 30.3 Å². The fourth-order valence-electron chi connectivity index (χ4n) is 3.33. The number of carbonyl (C=O) groups is 1. The fourth-order valence-corrected chi connectivity index (χ4v) is 3.33. The second-order valence-corrected chi connectivity index (χ2v) is 6.61. The van der Waals surface area contributed by atoms with Gasteiger partial charge in [-0.1, -0.05) is 11.2 Å². The van der Waals surface area contributed by atoms with Gasteiger partial charge in [-0.25, -0.2) is 8.78 Å². The third-order valence-corrected chi connectivity index (χ3v) is 4.69. The van der Waals surface area contributed by atoms with Gasteiger partial charge in [-0.3, -0.25) is 9.69 Å². The Bertz CT molecular complexity index is 765. The lowest BCUT2D eigenvalue weighted by Crippen LogP contribution is -2.35. The van der Waals surface area contributed by atoms with Gasteiger partial charge in [0, 0.05) is 19.7 Å². The number of benzene rings is 1. The van der Waals surface area contributed by atoms with Gasteiger partial charge >= 0.3 is 11.8 Å². The van der Waals surface area contributed by atoms with E-state index in [0.717, 1.165) is 38.4 Å². The van der Waals surface area contributed by atoms with Gasteiger partial charge in [0.15, 0.2) is 5.82 Å². The molecule has 1 amide bonds. The van der Waals surface area contributed by atoms with Crippen LogP contribution >= 0.6 is 0 Å². The molecule has 0 unspecified atom stereocenters. The highest BCUT2D eigenvalue weighted by atomic mass is 19.1. The number of aryl methyl sites for hydroxylation is 1. The quantitative estimate of drug-likeness (QED) is 0.853. The van der Waals surface area contributed by atoms with Crippen LogP contribution in [0.4, 0.5) is 8.78 Å². The number of nitrogens with zero attached hydrogens (tertiary/aromatic N) is 3. The average molecular weight is 364 g/mol. The minimum absolute atomic E-state index is 0.0390. The van der Waals surface area contributed by atoms with Crippen molar-refractivity contribution in [2.75, 3.05) is 20.1 Å². The van der Waals surface area contributed by atoms with E-state index in [2.05, 4.69) is 20.4 Å². The van der Waals surface area contributed by atoms with E-state index in [1.54, 1.807) is 0 Å².